The lowest BCUT2D eigenvalue weighted by molar-refractivity contribution is 0.0594. The molecule has 4 aromatic rings. The van der Waals surface area contributed by atoms with Crippen molar-refractivity contribution in [3.05, 3.63) is 66.1 Å². The molecule has 0 unspecified atom stereocenters. The van der Waals surface area contributed by atoms with Crippen molar-refractivity contribution >= 4 is 16.7 Å². The molecule has 0 bridgehead atoms. The molecule has 0 fully saturated rings. The van der Waals surface area contributed by atoms with E-state index in [1.807, 2.05) is 43.3 Å². The number of methoxy groups -OCH3 is 4. The Bertz CT molecular complexity index is 1380. The molecular weight excluding hydrogens is 476 g/mol. The highest BCUT2D eigenvalue weighted by atomic mass is 16.5. The third kappa shape index (κ3) is 5.20. The molecule has 192 valence electrons. The first-order chi connectivity index (χ1) is 18.0. The lowest BCUT2D eigenvalue weighted by atomic mass is 9.96. The Morgan fingerprint density at radius 3 is 2.22 bits per heavy atom. The van der Waals surface area contributed by atoms with Crippen LogP contribution in [0.15, 0.2) is 54.7 Å². The van der Waals surface area contributed by atoms with Gasteiger partial charge in [0.2, 0.25) is 11.6 Å². The number of nitrogens with zero attached hydrogens (tertiary/aromatic N) is 2. The zero-order chi connectivity index (χ0) is 26.4. The van der Waals surface area contributed by atoms with E-state index < -0.39 is 5.97 Å². The fraction of sp³-hybridized carbons (Fsp3) is 0.250. The van der Waals surface area contributed by atoms with Crippen molar-refractivity contribution in [1.29, 1.82) is 0 Å². The predicted octanol–water partition coefficient (Wildman–Crippen LogP) is 5.09. The average molecular weight is 505 g/mol. The van der Waals surface area contributed by atoms with Crippen LogP contribution < -0.4 is 23.7 Å². The first-order valence-electron chi connectivity index (χ1n) is 11.6. The Labute approximate surface area is 214 Å². The Morgan fingerprint density at radius 1 is 0.865 bits per heavy atom. The topological polar surface area (TPSA) is 98.2 Å². The lowest BCUT2D eigenvalue weighted by Crippen LogP contribution is -2.10. The van der Waals surface area contributed by atoms with Gasteiger partial charge in [0.25, 0.3) is 0 Å². The van der Waals surface area contributed by atoms with Gasteiger partial charge >= 0.3 is 5.97 Å². The lowest BCUT2D eigenvalue weighted by Gasteiger charge is -2.18. The number of hydrogen-bond acceptors (Lipinski definition) is 9. The summed E-state index contributed by atoms with van der Waals surface area (Å²) in [5, 5.41) is 1.37. The van der Waals surface area contributed by atoms with E-state index in [1.165, 1.54) is 28.4 Å². The van der Waals surface area contributed by atoms with Gasteiger partial charge in [-0.15, -0.1) is 0 Å². The number of ether oxygens (including phenoxy) is 6. The zero-order valence-corrected chi connectivity index (χ0v) is 21.4. The highest BCUT2D eigenvalue weighted by molar-refractivity contribution is 6.08. The summed E-state index contributed by atoms with van der Waals surface area (Å²) in [5.41, 5.74) is 2.04. The molecular formula is C28H28N2O7. The Morgan fingerprint density at radius 2 is 1.62 bits per heavy atom. The summed E-state index contributed by atoms with van der Waals surface area (Å²) in [6.07, 6.45) is 1.72. The molecule has 2 aromatic carbocycles. The molecule has 0 saturated carbocycles. The average Bonchev–Trinajstić information content (AvgIpc) is 2.95. The second-order valence-corrected chi connectivity index (χ2v) is 7.80. The van der Waals surface area contributed by atoms with Crippen LogP contribution in [0.4, 0.5) is 0 Å². The molecule has 0 N–H and O–H groups in total. The van der Waals surface area contributed by atoms with Gasteiger partial charge in [0.1, 0.15) is 12.4 Å². The van der Waals surface area contributed by atoms with Gasteiger partial charge in [-0.05, 0) is 60.3 Å². The van der Waals surface area contributed by atoms with E-state index in [0.29, 0.717) is 58.1 Å². The van der Waals surface area contributed by atoms with Gasteiger partial charge in [0.15, 0.2) is 17.2 Å². The van der Waals surface area contributed by atoms with Crippen LogP contribution in [0.5, 0.6) is 28.9 Å². The number of esters is 1. The summed E-state index contributed by atoms with van der Waals surface area (Å²) in [5.74, 6) is 1.58. The Kier molecular flexibility index (Phi) is 7.92. The number of hydrogen-bond donors (Lipinski definition) is 0. The molecule has 2 aromatic heterocycles. The molecule has 0 aliphatic carbocycles. The maximum Gasteiger partial charge on any atom is 0.357 e. The van der Waals surface area contributed by atoms with Crippen molar-refractivity contribution in [2.45, 2.75) is 13.5 Å². The van der Waals surface area contributed by atoms with Crippen LogP contribution in [-0.4, -0.2) is 51.0 Å². The minimum atomic E-state index is -0.609. The van der Waals surface area contributed by atoms with Crippen LogP contribution in [0.1, 0.15) is 23.1 Å². The zero-order valence-electron chi connectivity index (χ0n) is 21.4. The molecule has 4 rings (SSSR count). The van der Waals surface area contributed by atoms with Gasteiger partial charge in [-0.25, -0.2) is 9.78 Å². The SMILES string of the molecule is CCOc1nc(C(=O)OC)c(-c2cc(OC)c(OC)c(OC)c2)c2ccc(OCc3ccccn3)cc12. The van der Waals surface area contributed by atoms with Gasteiger partial charge in [-0.2, -0.15) is 0 Å². The monoisotopic (exact) mass is 504 g/mol. The van der Waals surface area contributed by atoms with Gasteiger partial charge in [-0.1, -0.05) is 6.07 Å². The Hall–Kier alpha value is -4.53. The second kappa shape index (κ2) is 11.5. The maximum atomic E-state index is 12.9. The van der Waals surface area contributed by atoms with Crippen LogP contribution in [-0.2, 0) is 11.3 Å². The van der Waals surface area contributed by atoms with E-state index in [0.717, 1.165) is 5.69 Å². The molecule has 0 aliphatic heterocycles. The fourth-order valence-electron chi connectivity index (χ4n) is 4.00. The quantitative estimate of drug-likeness (QED) is 0.274. The summed E-state index contributed by atoms with van der Waals surface area (Å²) < 4.78 is 33.4. The van der Waals surface area contributed by atoms with Crippen molar-refractivity contribution < 1.29 is 33.2 Å². The van der Waals surface area contributed by atoms with E-state index in [2.05, 4.69) is 9.97 Å². The third-order valence-corrected chi connectivity index (χ3v) is 5.67. The first-order valence-corrected chi connectivity index (χ1v) is 11.6. The van der Waals surface area contributed by atoms with Crippen molar-refractivity contribution in [2.75, 3.05) is 35.0 Å². The molecule has 0 saturated heterocycles. The fourth-order valence-corrected chi connectivity index (χ4v) is 4.00. The molecule has 0 radical (unpaired) electrons. The van der Waals surface area contributed by atoms with E-state index >= 15 is 0 Å². The van der Waals surface area contributed by atoms with Gasteiger partial charge in [-0.3, -0.25) is 4.98 Å². The van der Waals surface area contributed by atoms with E-state index in [1.54, 1.807) is 18.3 Å². The van der Waals surface area contributed by atoms with Crippen molar-refractivity contribution in [1.82, 2.24) is 9.97 Å². The second-order valence-electron chi connectivity index (χ2n) is 7.80. The van der Waals surface area contributed by atoms with E-state index in [4.69, 9.17) is 28.4 Å². The van der Waals surface area contributed by atoms with Crippen LogP contribution in [0.3, 0.4) is 0 Å². The standard InChI is InChI=1S/C28H28N2O7/c1-6-36-27-21-15-19(37-16-18-9-7-8-12-29-18)10-11-20(21)24(25(30-27)28(31)35-5)17-13-22(32-2)26(34-4)23(14-17)33-3/h7-15H,6,16H2,1-5H3. The highest BCUT2D eigenvalue weighted by Gasteiger charge is 2.25. The number of carbonyl (C=O) groups is 1. The minimum absolute atomic E-state index is 0.0925. The van der Waals surface area contributed by atoms with Crippen LogP contribution in [0.2, 0.25) is 0 Å². The molecule has 9 nitrogen and oxygen atoms in total. The number of rotatable bonds is 10. The smallest absolute Gasteiger partial charge is 0.357 e. The number of aromatic nitrogens is 2. The molecule has 0 aliphatic rings. The largest absolute Gasteiger partial charge is 0.493 e. The van der Waals surface area contributed by atoms with E-state index in [-0.39, 0.29) is 11.6 Å². The van der Waals surface area contributed by atoms with Gasteiger partial charge in [0, 0.05) is 17.1 Å². The van der Waals surface area contributed by atoms with Crippen LogP contribution >= 0.6 is 0 Å². The summed E-state index contributed by atoms with van der Waals surface area (Å²) in [7, 11) is 5.90. The minimum Gasteiger partial charge on any atom is -0.493 e. The summed E-state index contributed by atoms with van der Waals surface area (Å²) in [6, 6.07) is 14.7. The first kappa shape index (κ1) is 25.6. The molecule has 2 heterocycles. The highest BCUT2D eigenvalue weighted by Crippen LogP contribution is 2.45. The van der Waals surface area contributed by atoms with Crippen LogP contribution in [0, 0.1) is 0 Å². The van der Waals surface area contributed by atoms with Crippen molar-refractivity contribution in [3.63, 3.8) is 0 Å². The molecule has 0 spiro atoms. The van der Waals surface area contributed by atoms with Crippen molar-refractivity contribution in [3.8, 4) is 40.0 Å². The van der Waals surface area contributed by atoms with E-state index in [9.17, 15) is 4.79 Å². The number of benzene rings is 2. The third-order valence-electron chi connectivity index (χ3n) is 5.67. The normalized spacial score (nSPS) is 10.6. The predicted molar refractivity (Wildman–Crippen MR) is 138 cm³/mol. The Balaban J connectivity index is 1.94. The summed E-state index contributed by atoms with van der Waals surface area (Å²) >= 11 is 0. The van der Waals surface area contributed by atoms with Crippen molar-refractivity contribution in [2.24, 2.45) is 0 Å². The molecule has 0 amide bonds. The summed E-state index contributed by atoms with van der Waals surface area (Å²) in [4.78, 5) is 21.8. The maximum absolute atomic E-state index is 12.9. The molecule has 9 heteroatoms. The summed E-state index contributed by atoms with van der Waals surface area (Å²) in [6.45, 7) is 2.49. The molecule has 0 atom stereocenters. The number of fused-ring (bicyclic) bond motifs is 1. The molecule has 37 heavy (non-hydrogen) atoms. The van der Waals surface area contributed by atoms with Gasteiger partial charge < -0.3 is 28.4 Å². The number of pyridine rings is 2. The number of carbonyl (C=O) groups excluding carboxylic acids is 1. The van der Waals surface area contributed by atoms with Crippen LogP contribution in [0.25, 0.3) is 21.9 Å². The van der Waals surface area contributed by atoms with Gasteiger partial charge in [0.05, 0.1) is 40.7 Å².